The van der Waals surface area contributed by atoms with Crippen LogP contribution in [0.5, 0.6) is 0 Å². The Kier molecular flexibility index (Phi) is 4.23. The molecule has 1 heterocycles. The molecule has 0 saturated heterocycles. The number of anilines is 1. The quantitative estimate of drug-likeness (QED) is 0.712. The van der Waals surface area contributed by atoms with Crippen molar-refractivity contribution < 1.29 is 15.0 Å². The van der Waals surface area contributed by atoms with Gasteiger partial charge in [-0.05, 0) is 17.7 Å². The number of benzene rings is 1. The fraction of sp³-hybridized carbons (Fsp3) is 0.417. The predicted octanol–water partition coefficient (Wildman–Crippen LogP) is -0.0628. The molecule has 98 valence electrons. The van der Waals surface area contributed by atoms with Crippen LogP contribution >= 0.6 is 11.8 Å². The first-order valence-corrected chi connectivity index (χ1v) is 6.69. The third kappa shape index (κ3) is 2.67. The summed E-state index contributed by atoms with van der Waals surface area (Å²) in [6, 6.07) is 5.73. The maximum Gasteiger partial charge on any atom is 0.237 e. The second-order valence-corrected chi connectivity index (χ2v) is 5.15. The summed E-state index contributed by atoms with van der Waals surface area (Å²) in [5.74, 6) is 0.293. The van der Waals surface area contributed by atoms with Crippen molar-refractivity contribution in [1.29, 1.82) is 0 Å². The molecule has 1 aromatic rings. The van der Waals surface area contributed by atoms with Gasteiger partial charge in [0.05, 0.1) is 30.7 Å². The van der Waals surface area contributed by atoms with E-state index in [1.165, 1.54) is 16.7 Å². The summed E-state index contributed by atoms with van der Waals surface area (Å²) in [6.45, 7) is 0.155. The van der Waals surface area contributed by atoms with E-state index >= 15 is 0 Å². The van der Waals surface area contributed by atoms with E-state index in [-0.39, 0.29) is 19.1 Å². The Bertz CT molecular complexity index is 453. The normalized spacial score (nSPS) is 16.6. The lowest BCUT2D eigenvalue weighted by atomic mass is 10.1. The SMILES string of the molecule is NCc1ccc2c(c1)N(CC(O)CO)C(=O)CS2. The minimum Gasteiger partial charge on any atom is -0.394 e. The molecule has 0 radical (unpaired) electrons. The largest absolute Gasteiger partial charge is 0.394 e. The van der Waals surface area contributed by atoms with E-state index in [2.05, 4.69) is 0 Å². The summed E-state index contributed by atoms with van der Waals surface area (Å²) in [5.41, 5.74) is 7.30. The zero-order chi connectivity index (χ0) is 13.1. The van der Waals surface area contributed by atoms with Crippen LogP contribution in [-0.4, -0.2) is 41.1 Å². The first-order valence-electron chi connectivity index (χ1n) is 5.70. The maximum atomic E-state index is 11.9. The van der Waals surface area contributed by atoms with Crippen LogP contribution in [0.1, 0.15) is 5.56 Å². The third-order valence-corrected chi connectivity index (χ3v) is 3.85. The second-order valence-electron chi connectivity index (χ2n) is 4.14. The van der Waals surface area contributed by atoms with E-state index in [1.807, 2.05) is 18.2 Å². The monoisotopic (exact) mass is 268 g/mol. The first kappa shape index (κ1) is 13.4. The van der Waals surface area contributed by atoms with Crippen molar-refractivity contribution in [3.8, 4) is 0 Å². The molecule has 5 nitrogen and oxygen atoms in total. The van der Waals surface area contributed by atoms with Gasteiger partial charge in [0.25, 0.3) is 0 Å². The van der Waals surface area contributed by atoms with Gasteiger partial charge in [0.1, 0.15) is 0 Å². The molecule has 0 bridgehead atoms. The number of thioether (sulfide) groups is 1. The molecule has 0 aliphatic carbocycles. The van der Waals surface area contributed by atoms with E-state index in [9.17, 15) is 9.90 Å². The van der Waals surface area contributed by atoms with Gasteiger partial charge in [-0.15, -0.1) is 11.8 Å². The van der Waals surface area contributed by atoms with E-state index in [4.69, 9.17) is 10.8 Å². The van der Waals surface area contributed by atoms with Crippen LogP contribution < -0.4 is 10.6 Å². The van der Waals surface area contributed by atoms with Crippen LogP contribution in [0.2, 0.25) is 0 Å². The Balaban J connectivity index is 2.32. The minimum atomic E-state index is -0.925. The summed E-state index contributed by atoms with van der Waals surface area (Å²) in [5, 5.41) is 18.4. The highest BCUT2D eigenvalue weighted by molar-refractivity contribution is 8.00. The molecule has 0 aromatic heterocycles. The molecule has 1 aliphatic rings. The Morgan fingerprint density at radius 3 is 2.94 bits per heavy atom. The molecule has 2 rings (SSSR count). The van der Waals surface area contributed by atoms with Crippen molar-refractivity contribution >= 4 is 23.4 Å². The number of nitrogens with zero attached hydrogens (tertiary/aromatic N) is 1. The summed E-state index contributed by atoms with van der Waals surface area (Å²) in [6.07, 6.45) is -0.925. The lowest BCUT2D eigenvalue weighted by molar-refractivity contribution is -0.116. The minimum absolute atomic E-state index is 0.0610. The highest BCUT2D eigenvalue weighted by atomic mass is 32.2. The van der Waals surface area contributed by atoms with Gasteiger partial charge in [-0.2, -0.15) is 0 Å². The van der Waals surface area contributed by atoms with Gasteiger partial charge >= 0.3 is 0 Å². The molecule has 0 fully saturated rings. The number of aliphatic hydroxyl groups excluding tert-OH is 2. The van der Waals surface area contributed by atoms with Gasteiger partial charge in [0.2, 0.25) is 5.91 Å². The van der Waals surface area contributed by atoms with Crippen molar-refractivity contribution in [1.82, 2.24) is 0 Å². The lowest BCUT2D eigenvalue weighted by Gasteiger charge is -2.30. The predicted molar refractivity (Wildman–Crippen MR) is 70.5 cm³/mol. The van der Waals surface area contributed by atoms with Crippen LogP contribution in [-0.2, 0) is 11.3 Å². The van der Waals surface area contributed by atoms with Gasteiger partial charge in [0, 0.05) is 11.4 Å². The lowest BCUT2D eigenvalue weighted by Crippen LogP contribution is -2.41. The average Bonchev–Trinajstić information content (AvgIpc) is 2.41. The van der Waals surface area contributed by atoms with Crippen LogP contribution in [0.25, 0.3) is 0 Å². The molecular weight excluding hydrogens is 252 g/mol. The van der Waals surface area contributed by atoms with E-state index in [0.717, 1.165) is 16.1 Å². The summed E-state index contributed by atoms with van der Waals surface area (Å²) in [7, 11) is 0. The van der Waals surface area contributed by atoms with Gasteiger partial charge in [-0.1, -0.05) is 6.07 Å². The Labute approximate surface area is 110 Å². The molecule has 1 atom stereocenters. The van der Waals surface area contributed by atoms with Crippen LogP contribution in [0.3, 0.4) is 0 Å². The molecular formula is C12H16N2O3S. The van der Waals surface area contributed by atoms with Gasteiger partial charge in [-0.3, -0.25) is 4.79 Å². The van der Waals surface area contributed by atoms with Crippen molar-refractivity contribution in [2.24, 2.45) is 5.73 Å². The number of carbonyl (C=O) groups is 1. The molecule has 1 aromatic carbocycles. The Morgan fingerprint density at radius 2 is 2.28 bits per heavy atom. The number of hydrogen-bond acceptors (Lipinski definition) is 5. The van der Waals surface area contributed by atoms with E-state index < -0.39 is 6.10 Å². The summed E-state index contributed by atoms with van der Waals surface area (Å²) < 4.78 is 0. The van der Waals surface area contributed by atoms with Crippen molar-refractivity contribution in [2.75, 3.05) is 23.8 Å². The van der Waals surface area contributed by atoms with Gasteiger partial charge in [0.15, 0.2) is 0 Å². The first-order chi connectivity index (χ1) is 8.65. The molecule has 1 unspecified atom stereocenters. The Hall–Kier alpha value is -1.08. The number of rotatable bonds is 4. The number of carbonyl (C=O) groups excluding carboxylic acids is 1. The second kappa shape index (κ2) is 5.71. The highest BCUT2D eigenvalue weighted by Crippen LogP contribution is 2.35. The van der Waals surface area contributed by atoms with E-state index in [0.29, 0.717) is 12.3 Å². The Morgan fingerprint density at radius 1 is 1.50 bits per heavy atom. The third-order valence-electron chi connectivity index (χ3n) is 2.81. The summed E-state index contributed by atoms with van der Waals surface area (Å²) >= 11 is 1.48. The zero-order valence-corrected chi connectivity index (χ0v) is 10.7. The smallest absolute Gasteiger partial charge is 0.237 e. The highest BCUT2D eigenvalue weighted by Gasteiger charge is 2.26. The van der Waals surface area contributed by atoms with Crippen LogP contribution in [0, 0.1) is 0 Å². The van der Waals surface area contributed by atoms with Crippen molar-refractivity contribution in [3.63, 3.8) is 0 Å². The number of nitrogens with two attached hydrogens (primary N) is 1. The van der Waals surface area contributed by atoms with Crippen LogP contribution in [0.15, 0.2) is 23.1 Å². The molecule has 1 aliphatic heterocycles. The van der Waals surface area contributed by atoms with Crippen LogP contribution in [0.4, 0.5) is 5.69 Å². The molecule has 4 N–H and O–H groups in total. The number of fused-ring (bicyclic) bond motifs is 1. The average molecular weight is 268 g/mol. The molecule has 1 amide bonds. The molecule has 0 spiro atoms. The fourth-order valence-corrected chi connectivity index (χ4v) is 2.76. The standard InChI is InChI=1S/C12H16N2O3S/c13-4-8-1-2-11-10(3-8)14(5-9(16)6-15)12(17)7-18-11/h1-3,9,15-16H,4-7,13H2. The maximum absolute atomic E-state index is 11.9. The number of β-amino-alcohol motifs (C(OH)–C–C–N with tert-alkyl or cyclic N) is 1. The van der Waals surface area contributed by atoms with Crippen molar-refractivity contribution in [2.45, 2.75) is 17.5 Å². The summed E-state index contributed by atoms with van der Waals surface area (Å²) in [4.78, 5) is 14.4. The van der Waals surface area contributed by atoms with E-state index in [1.54, 1.807) is 0 Å². The van der Waals surface area contributed by atoms with Gasteiger partial charge in [-0.25, -0.2) is 0 Å². The van der Waals surface area contributed by atoms with Gasteiger partial charge < -0.3 is 20.8 Å². The number of aliphatic hydroxyl groups is 2. The number of hydrogen-bond donors (Lipinski definition) is 3. The zero-order valence-electron chi connectivity index (χ0n) is 9.87. The topological polar surface area (TPSA) is 86.8 Å². The molecule has 6 heteroatoms. The number of amides is 1. The molecule has 0 saturated carbocycles. The van der Waals surface area contributed by atoms with Crippen molar-refractivity contribution in [3.05, 3.63) is 23.8 Å². The molecule has 18 heavy (non-hydrogen) atoms. The fourth-order valence-electron chi connectivity index (χ4n) is 1.84.